The van der Waals surface area contributed by atoms with Crippen molar-refractivity contribution in [3.8, 4) is 5.75 Å². The molecule has 0 radical (unpaired) electrons. The molecule has 2 atom stereocenters. The average Bonchev–Trinajstić information content (AvgIpc) is 2.75. The first-order chi connectivity index (χ1) is 15.0. The molecule has 174 valence electrons. The Morgan fingerprint density at radius 1 is 1.06 bits per heavy atom. The molecule has 0 unspecified atom stereocenters. The number of amides is 2. The minimum absolute atomic E-state index is 0.0251. The van der Waals surface area contributed by atoms with Crippen molar-refractivity contribution in [3.05, 3.63) is 64.7 Å². The van der Waals surface area contributed by atoms with E-state index in [-0.39, 0.29) is 36.4 Å². The molecule has 2 rings (SSSR count). The lowest BCUT2D eigenvalue weighted by molar-refractivity contribution is -0.142. The van der Waals surface area contributed by atoms with E-state index < -0.39 is 6.04 Å². The largest absolute Gasteiger partial charge is 0.483 e. The molecule has 32 heavy (non-hydrogen) atoms. The molecular formula is C26H35ClN2O3. The molecular weight excluding hydrogens is 424 g/mol. The number of nitrogens with one attached hydrogen (secondary N) is 1. The smallest absolute Gasteiger partial charge is 0.261 e. The molecule has 0 heterocycles. The van der Waals surface area contributed by atoms with E-state index in [1.54, 1.807) is 13.0 Å². The predicted molar refractivity (Wildman–Crippen MR) is 130 cm³/mol. The Morgan fingerprint density at radius 3 is 2.31 bits per heavy atom. The highest BCUT2D eigenvalue weighted by Gasteiger charge is 2.28. The summed E-state index contributed by atoms with van der Waals surface area (Å²) in [5.41, 5.74) is 1.68. The van der Waals surface area contributed by atoms with Gasteiger partial charge >= 0.3 is 0 Å². The monoisotopic (exact) mass is 458 g/mol. The Balaban J connectivity index is 2.24. The second kappa shape index (κ2) is 11.4. The number of benzene rings is 2. The Morgan fingerprint density at radius 2 is 1.69 bits per heavy atom. The van der Waals surface area contributed by atoms with Crippen LogP contribution < -0.4 is 10.1 Å². The molecule has 0 aliphatic heterocycles. The Kier molecular flexibility index (Phi) is 9.14. The van der Waals surface area contributed by atoms with Gasteiger partial charge in [0.15, 0.2) is 6.61 Å². The summed E-state index contributed by atoms with van der Waals surface area (Å²) in [5, 5.41) is 3.52. The molecule has 0 bridgehead atoms. The van der Waals surface area contributed by atoms with Crippen LogP contribution >= 0.6 is 11.6 Å². The van der Waals surface area contributed by atoms with Crippen molar-refractivity contribution in [1.82, 2.24) is 10.2 Å². The highest BCUT2D eigenvalue weighted by molar-refractivity contribution is 6.31. The molecule has 2 aromatic carbocycles. The van der Waals surface area contributed by atoms with Crippen molar-refractivity contribution in [3.63, 3.8) is 0 Å². The molecule has 0 fully saturated rings. The fourth-order valence-corrected chi connectivity index (χ4v) is 3.49. The Labute approximate surface area is 197 Å². The Bertz CT molecular complexity index is 923. The van der Waals surface area contributed by atoms with Crippen molar-refractivity contribution in [2.24, 2.45) is 0 Å². The molecule has 0 aliphatic rings. The predicted octanol–water partition coefficient (Wildman–Crippen LogP) is 5.35. The van der Waals surface area contributed by atoms with Gasteiger partial charge in [-0.3, -0.25) is 9.59 Å². The molecule has 0 aliphatic carbocycles. The lowest BCUT2D eigenvalue weighted by Crippen LogP contribution is -2.50. The molecule has 5 nitrogen and oxygen atoms in total. The lowest BCUT2D eigenvalue weighted by atomic mass is 9.86. The van der Waals surface area contributed by atoms with Crippen molar-refractivity contribution >= 4 is 23.4 Å². The van der Waals surface area contributed by atoms with Crippen LogP contribution in [0.25, 0.3) is 0 Å². The summed E-state index contributed by atoms with van der Waals surface area (Å²) in [6, 6.07) is 14.4. The maximum absolute atomic E-state index is 13.3. The highest BCUT2D eigenvalue weighted by atomic mass is 35.5. The SMILES string of the molecule is CC[C@@H](C)NC(=O)[C@H](C)N(Cc1ccccc1Cl)C(=O)COc1ccccc1C(C)(C)C. The first-order valence-electron chi connectivity index (χ1n) is 11.1. The summed E-state index contributed by atoms with van der Waals surface area (Å²) in [4.78, 5) is 27.6. The van der Waals surface area contributed by atoms with Crippen molar-refractivity contribution in [2.45, 2.75) is 72.0 Å². The summed E-state index contributed by atoms with van der Waals surface area (Å²) >= 11 is 6.34. The van der Waals surface area contributed by atoms with E-state index in [4.69, 9.17) is 16.3 Å². The number of hydrogen-bond donors (Lipinski definition) is 1. The van der Waals surface area contributed by atoms with Crippen LogP contribution in [0.1, 0.15) is 59.1 Å². The number of para-hydroxylation sites is 1. The van der Waals surface area contributed by atoms with Gasteiger partial charge in [0.25, 0.3) is 5.91 Å². The molecule has 0 saturated carbocycles. The first kappa shape index (κ1) is 25.7. The van der Waals surface area contributed by atoms with Crippen LogP contribution in [0.2, 0.25) is 5.02 Å². The van der Waals surface area contributed by atoms with Gasteiger partial charge in [-0.2, -0.15) is 0 Å². The lowest BCUT2D eigenvalue weighted by Gasteiger charge is -2.30. The normalized spacial score (nSPS) is 13.2. The van der Waals surface area contributed by atoms with Crippen LogP contribution in [0.15, 0.2) is 48.5 Å². The number of rotatable bonds is 9. The van der Waals surface area contributed by atoms with Crippen LogP contribution in [0.3, 0.4) is 0 Å². The maximum atomic E-state index is 13.3. The molecule has 0 spiro atoms. The van der Waals surface area contributed by atoms with Crippen LogP contribution in [0.5, 0.6) is 5.75 Å². The topological polar surface area (TPSA) is 58.6 Å². The molecule has 2 amide bonds. The fraction of sp³-hybridized carbons (Fsp3) is 0.462. The zero-order chi connectivity index (χ0) is 23.9. The van der Waals surface area contributed by atoms with Gasteiger partial charge in [-0.05, 0) is 48.9 Å². The summed E-state index contributed by atoms with van der Waals surface area (Å²) in [7, 11) is 0. The van der Waals surface area contributed by atoms with Gasteiger partial charge in [0.1, 0.15) is 11.8 Å². The quantitative estimate of drug-likeness (QED) is 0.551. The highest BCUT2D eigenvalue weighted by Crippen LogP contribution is 2.31. The third-order valence-electron chi connectivity index (χ3n) is 5.51. The standard InChI is InChI=1S/C26H35ClN2O3/c1-7-18(2)28-25(31)19(3)29(16-20-12-8-10-14-22(20)27)24(30)17-32-23-15-11-9-13-21(23)26(4,5)6/h8-15,18-19H,7,16-17H2,1-6H3,(H,28,31)/t18-,19+/m1/s1. The van der Waals surface area contributed by atoms with E-state index in [1.807, 2.05) is 56.3 Å². The number of carbonyl (C=O) groups excluding carboxylic acids is 2. The molecule has 6 heteroatoms. The Hall–Kier alpha value is -2.53. The van der Waals surface area contributed by atoms with E-state index >= 15 is 0 Å². The second-order valence-electron chi connectivity index (χ2n) is 9.14. The number of hydrogen-bond acceptors (Lipinski definition) is 3. The molecule has 2 aromatic rings. The summed E-state index contributed by atoms with van der Waals surface area (Å²) in [6.07, 6.45) is 0.809. The van der Waals surface area contributed by atoms with Crippen LogP contribution in [0, 0.1) is 0 Å². The van der Waals surface area contributed by atoms with Gasteiger partial charge in [-0.1, -0.05) is 75.7 Å². The van der Waals surface area contributed by atoms with Crippen molar-refractivity contribution in [1.29, 1.82) is 0 Å². The van der Waals surface area contributed by atoms with Gasteiger partial charge < -0.3 is 15.0 Å². The minimum Gasteiger partial charge on any atom is -0.483 e. The van der Waals surface area contributed by atoms with Crippen LogP contribution in [-0.4, -0.2) is 35.4 Å². The van der Waals surface area contributed by atoms with Crippen molar-refractivity contribution in [2.75, 3.05) is 6.61 Å². The van der Waals surface area contributed by atoms with Gasteiger partial charge in [0.2, 0.25) is 5.91 Å². The van der Waals surface area contributed by atoms with E-state index in [0.29, 0.717) is 10.8 Å². The van der Waals surface area contributed by atoms with E-state index in [9.17, 15) is 9.59 Å². The van der Waals surface area contributed by atoms with Gasteiger partial charge in [-0.15, -0.1) is 0 Å². The first-order valence-corrected chi connectivity index (χ1v) is 11.5. The summed E-state index contributed by atoms with van der Waals surface area (Å²) < 4.78 is 5.95. The minimum atomic E-state index is -0.672. The number of carbonyl (C=O) groups is 2. The van der Waals surface area contributed by atoms with E-state index in [0.717, 1.165) is 17.5 Å². The molecule has 1 N–H and O–H groups in total. The summed E-state index contributed by atoms with van der Waals surface area (Å²) in [6.45, 7) is 12.0. The number of ether oxygens (including phenoxy) is 1. The second-order valence-corrected chi connectivity index (χ2v) is 9.55. The van der Waals surface area contributed by atoms with Crippen molar-refractivity contribution < 1.29 is 14.3 Å². The fourth-order valence-electron chi connectivity index (χ4n) is 3.29. The average molecular weight is 459 g/mol. The maximum Gasteiger partial charge on any atom is 0.261 e. The third kappa shape index (κ3) is 6.99. The van der Waals surface area contributed by atoms with Crippen LogP contribution in [0.4, 0.5) is 0 Å². The van der Waals surface area contributed by atoms with E-state index in [1.165, 1.54) is 4.90 Å². The zero-order valence-corrected chi connectivity index (χ0v) is 20.7. The van der Waals surface area contributed by atoms with E-state index in [2.05, 4.69) is 26.1 Å². The van der Waals surface area contributed by atoms with Gasteiger partial charge in [0.05, 0.1) is 0 Å². The number of halogens is 1. The molecule has 0 aromatic heterocycles. The third-order valence-corrected chi connectivity index (χ3v) is 5.88. The number of nitrogens with zero attached hydrogens (tertiary/aromatic N) is 1. The molecule has 0 saturated heterocycles. The van der Waals surface area contributed by atoms with Gasteiger partial charge in [-0.25, -0.2) is 0 Å². The van der Waals surface area contributed by atoms with Crippen LogP contribution in [-0.2, 0) is 21.5 Å². The zero-order valence-electron chi connectivity index (χ0n) is 19.9. The summed E-state index contributed by atoms with van der Waals surface area (Å²) in [5.74, 6) is 0.193. The van der Waals surface area contributed by atoms with Gasteiger partial charge in [0, 0.05) is 17.6 Å².